The molecule has 11 heteroatoms. The molecule has 0 aliphatic carbocycles. The highest BCUT2D eigenvalue weighted by Crippen LogP contribution is 2.37. The van der Waals surface area contributed by atoms with Gasteiger partial charge in [0, 0.05) is 25.6 Å². The summed E-state index contributed by atoms with van der Waals surface area (Å²) in [6.45, 7) is -0.0466. The molecule has 1 aromatic carbocycles. The second-order valence-electron chi connectivity index (χ2n) is 5.76. The maximum absolute atomic E-state index is 13.2. The summed E-state index contributed by atoms with van der Waals surface area (Å²) >= 11 is 5.97. The Hall–Kier alpha value is -2.39. The standard InChI is InChI=1S/C17H12BrFN6OS2/c1-24(14-11(6-7-26)21-17-25(14)23-15(18)28-17)16-22-13(12(8-20)27-16)9-2-4-10(19)5-3-9/h2-5,26H,6-7H2,1H3. The largest absolute Gasteiger partial charge is 0.396 e. The van der Waals surface area contributed by atoms with Crippen LogP contribution in [0.4, 0.5) is 15.3 Å². The van der Waals surface area contributed by atoms with Crippen molar-refractivity contribution in [3.05, 3.63) is 44.6 Å². The van der Waals surface area contributed by atoms with Gasteiger partial charge in [0.25, 0.3) is 0 Å². The van der Waals surface area contributed by atoms with E-state index in [1.807, 2.05) is 7.05 Å². The summed E-state index contributed by atoms with van der Waals surface area (Å²) in [6.07, 6.45) is 0.370. The SMILES string of the molecule is CN(c1nc(-c2ccc(F)cc2)c(C#N)s1)c1c(CCO)nc2sc(Br)nn12. The Bertz CT molecular complexity index is 1190. The summed E-state index contributed by atoms with van der Waals surface area (Å²) < 4.78 is 15.6. The molecular weight excluding hydrogens is 467 g/mol. The predicted molar refractivity (Wildman–Crippen MR) is 110 cm³/mol. The average Bonchev–Trinajstić information content (AvgIpc) is 3.34. The number of fused-ring (bicyclic) bond motifs is 1. The molecule has 142 valence electrons. The Balaban J connectivity index is 1.82. The van der Waals surface area contributed by atoms with Crippen molar-refractivity contribution in [3.63, 3.8) is 0 Å². The predicted octanol–water partition coefficient (Wildman–Crippen LogP) is 3.99. The second-order valence-corrected chi connectivity index (χ2v) is 8.97. The molecule has 0 amide bonds. The maximum atomic E-state index is 13.2. The van der Waals surface area contributed by atoms with Crippen molar-refractivity contribution in [1.29, 1.82) is 5.26 Å². The number of rotatable bonds is 5. The van der Waals surface area contributed by atoms with Crippen LogP contribution in [0.2, 0.25) is 0 Å². The van der Waals surface area contributed by atoms with Crippen LogP contribution in [0.5, 0.6) is 0 Å². The number of hydrogen-bond donors (Lipinski definition) is 1. The maximum Gasteiger partial charge on any atom is 0.215 e. The van der Waals surface area contributed by atoms with E-state index in [2.05, 4.69) is 37.1 Å². The summed E-state index contributed by atoms with van der Waals surface area (Å²) in [4.78, 5) is 12.1. The molecule has 3 heterocycles. The average molecular weight is 479 g/mol. The molecule has 0 spiro atoms. The van der Waals surface area contributed by atoms with Crippen LogP contribution in [-0.4, -0.2) is 38.3 Å². The minimum Gasteiger partial charge on any atom is -0.396 e. The lowest BCUT2D eigenvalue weighted by molar-refractivity contribution is 0.298. The normalized spacial score (nSPS) is 11.1. The van der Waals surface area contributed by atoms with E-state index in [9.17, 15) is 14.8 Å². The summed E-state index contributed by atoms with van der Waals surface area (Å²) in [5.41, 5.74) is 1.85. The fourth-order valence-electron chi connectivity index (χ4n) is 2.79. The van der Waals surface area contributed by atoms with Crippen LogP contribution in [0.3, 0.4) is 0 Å². The van der Waals surface area contributed by atoms with Gasteiger partial charge in [0.2, 0.25) is 4.96 Å². The van der Waals surface area contributed by atoms with Crippen molar-refractivity contribution < 1.29 is 9.50 Å². The topological polar surface area (TPSA) is 90.3 Å². The van der Waals surface area contributed by atoms with Gasteiger partial charge in [0.15, 0.2) is 14.9 Å². The van der Waals surface area contributed by atoms with E-state index in [0.29, 0.717) is 48.1 Å². The van der Waals surface area contributed by atoms with Crippen LogP contribution in [0.1, 0.15) is 10.6 Å². The van der Waals surface area contributed by atoms with Crippen LogP contribution in [-0.2, 0) is 6.42 Å². The molecule has 0 atom stereocenters. The Morgan fingerprint density at radius 2 is 2.04 bits per heavy atom. The molecule has 7 nitrogen and oxygen atoms in total. The lowest BCUT2D eigenvalue weighted by atomic mass is 10.1. The van der Waals surface area contributed by atoms with Crippen molar-refractivity contribution in [2.24, 2.45) is 0 Å². The molecule has 0 bridgehead atoms. The van der Waals surface area contributed by atoms with Crippen LogP contribution < -0.4 is 4.90 Å². The van der Waals surface area contributed by atoms with Crippen molar-refractivity contribution in [1.82, 2.24) is 19.6 Å². The van der Waals surface area contributed by atoms with Gasteiger partial charge in [-0.25, -0.2) is 14.4 Å². The Labute approximate surface area is 175 Å². The fourth-order valence-corrected chi connectivity index (χ4v) is 4.87. The van der Waals surface area contributed by atoms with Gasteiger partial charge in [-0.1, -0.05) is 22.7 Å². The quantitative estimate of drug-likeness (QED) is 0.466. The lowest BCUT2D eigenvalue weighted by Gasteiger charge is -2.15. The molecule has 0 aliphatic rings. The van der Waals surface area contributed by atoms with Crippen molar-refractivity contribution >= 4 is 54.5 Å². The third kappa shape index (κ3) is 3.29. The number of benzene rings is 1. The summed E-state index contributed by atoms with van der Waals surface area (Å²) in [5, 5.41) is 23.9. The van der Waals surface area contributed by atoms with Crippen molar-refractivity contribution in [2.45, 2.75) is 6.42 Å². The minimum atomic E-state index is -0.348. The van der Waals surface area contributed by atoms with E-state index >= 15 is 0 Å². The lowest BCUT2D eigenvalue weighted by Crippen LogP contribution is -2.14. The molecule has 0 saturated carbocycles. The molecule has 0 fully saturated rings. The molecule has 0 radical (unpaired) electrons. The number of imidazole rings is 1. The van der Waals surface area contributed by atoms with E-state index in [1.54, 1.807) is 21.5 Å². The molecule has 0 saturated heterocycles. The van der Waals surface area contributed by atoms with E-state index in [4.69, 9.17) is 0 Å². The number of nitriles is 1. The Kier molecular flexibility index (Phi) is 5.11. The third-order valence-corrected chi connectivity index (χ3v) is 6.39. The Morgan fingerprint density at radius 1 is 1.29 bits per heavy atom. The first-order valence-electron chi connectivity index (χ1n) is 8.07. The zero-order chi connectivity index (χ0) is 19.8. The molecule has 4 aromatic rings. The van der Waals surface area contributed by atoms with Crippen molar-refractivity contribution in [2.75, 3.05) is 18.6 Å². The molecular formula is C17H12BrFN6OS2. The summed E-state index contributed by atoms with van der Waals surface area (Å²) in [7, 11) is 1.81. The first-order valence-corrected chi connectivity index (χ1v) is 10.5. The van der Waals surface area contributed by atoms with Crippen LogP contribution >= 0.6 is 38.6 Å². The van der Waals surface area contributed by atoms with Crippen molar-refractivity contribution in [3.8, 4) is 17.3 Å². The van der Waals surface area contributed by atoms with Gasteiger partial charge in [-0.3, -0.25) is 0 Å². The van der Waals surface area contributed by atoms with Crippen LogP contribution in [0, 0.1) is 17.1 Å². The van der Waals surface area contributed by atoms with Gasteiger partial charge >= 0.3 is 0 Å². The molecule has 4 rings (SSSR count). The highest BCUT2D eigenvalue weighted by molar-refractivity contribution is 9.11. The smallest absolute Gasteiger partial charge is 0.215 e. The van der Waals surface area contributed by atoms with Gasteiger partial charge < -0.3 is 10.0 Å². The van der Waals surface area contributed by atoms with Crippen LogP contribution in [0.15, 0.2) is 28.2 Å². The molecule has 0 unspecified atom stereocenters. The van der Waals surface area contributed by atoms with Gasteiger partial charge in [0.1, 0.15) is 22.5 Å². The molecule has 1 N–H and O–H groups in total. The summed E-state index contributed by atoms with van der Waals surface area (Å²) in [6, 6.07) is 8.04. The monoisotopic (exact) mass is 478 g/mol. The number of nitrogens with zero attached hydrogens (tertiary/aromatic N) is 6. The first-order chi connectivity index (χ1) is 13.5. The number of hydrogen-bond acceptors (Lipinski definition) is 8. The van der Waals surface area contributed by atoms with E-state index in [-0.39, 0.29) is 12.4 Å². The second kappa shape index (κ2) is 7.56. The highest BCUT2D eigenvalue weighted by atomic mass is 79.9. The minimum absolute atomic E-state index is 0.0466. The first kappa shape index (κ1) is 18.9. The number of aromatic nitrogens is 4. The van der Waals surface area contributed by atoms with Gasteiger partial charge in [-0.15, -0.1) is 5.10 Å². The van der Waals surface area contributed by atoms with Crippen LogP contribution in [0.25, 0.3) is 16.2 Å². The summed E-state index contributed by atoms with van der Waals surface area (Å²) in [5.74, 6) is 0.328. The fraction of sp³-hybridized carbons (Fsp3) is 0.176. The molecule has 3 aromatic heterocycles. The van der Waals surface area contributed by atoms with Gasteiger partial charge in [-0.05, 0) is 40.2 Å². The van der Waals surface area contributed by atoms with E-state index in [0.717, 1.165) is 0 Å². The molecule has 0 aliphatic heterocycles. The number of thiazole rings is 1. The van der Waals surface area contributed by atoms with Gasteiger partial charge in [-0.2, -0.15) is 9.78 Å². The number of anilines is 2. The van der Waals surface area contributed by atoms with E-state index in [1.165, 1.54) is 34.8 Å². The zero-order valence-electron chi connectivity index (χ0n) is 14.4. The van der Waals surface area contributed by atoms with E-state index < -0.39 is 0 Å². The number of aliphatic hydroxyl groups is 1. The zero-order valence-corrected chi connectivity index (χ0v) is 17.6. The molecule has 28 heavy (non-hydrogen) atoms. The number of aliphatic hydroxyl groups excluding tert-OH is 1. The highest BCUT2D eigenvalue weighted by Gasteiger charge is 2.24. The van der Waals surface area contributed by atoms with Gasteiger partial charge in [0.05, 0.1) is 5.69 Å². The third-order valence-electron chi connectivity index (χ3n) is 4.01. The Morgan fingerprint density at radius 3 is 2.71 bits per heavy atom. The number of halogens is 2.